The maximum atomic E-state index is 12.1. The fourth-order valence-electron chi connectivity index (χ4n) is 2.68. The zero-order valence-electron chi connectivity index (χ0n) is 13.6. The minimum Gasteiger partial charge on any atom is -0.267 e. The molecule has 0 aliphatic heterocycles. The predicted molar refractivity (Wildman–Crippen MR) is 87.7 cm³/mol. The fraction of sp³-hybridized carbons (Fsp3) is 0.556. The molecule has 3 nitrogen and oxygen atoms in total. The molecule has 0 heterocycles. The second-order valence-corrected chi connectivity index (χ2v) is 7.15. The van der Waals surface area contributed by atoms with Crippen LogP contribution in [0.15, 0.2) is 29.4 Å². The zero-order valence-corrected chi connectivity index (χ0v) is 13.6. The Morgan fingerprint density at radius 1 is 1.24 bits per heavy atom. The summed E-state index contributed by atoms with van der Waals surface area (Å²) in [6.07, 6.45) is 4.45. The molecule has 2 rings (SSSR count). The van der Waals surface area contributed by atoms with Crippen LogP contribution in [-0.2, 0) is 5.41 Å². The third-order valence-corrected chi connectivity index (χ3v) is 4.08. The van der Waals surface area contributed by atoms with Crippen LogP contribution in [0.2, 0.25) is 0 Å². The van der Waals surface area contributed by atoms with Crippen molar-refractivity contribution in [2.75, 3.05) is 0 Å². The Bertz CT molecular complexity index is 523. The van der Waals surface area contributed by atoms with E-state index in [1.807, 2.05) is 24.3 Å². The summed E-state index contributed by atoms with van der Waals surface area (Å²) < 4.78 is 0. The molecule has 0 bridgehead atoms. The lowest BCUT2D eigenvalue weighted by atomic mass is 9.87. The van der Waals surface area contributed by atoms with Crippen LogP contribution in [0.3, 0.4) is 0 Å². The van der Waals surface area contributed by atoms with Crippen LogP contribution in [0, 0.1) is 5.92 Å². The highest BCUT2D eigenvalue weighted by Crippen LogP contribution is 2.22. The predicted octanol–water partition coefficient (Wildman–Crippen LogP) is 4.28. The highest BCUT2D eigenvalue weighted by molar-refractivity contribution is 5.95. The van der Waals surface area contributed by atoms with Gasteiger partial charge in [-0.3, -0.25) is 4.79 Å². The highest BCUT2D eigenvalue weighted by atomic mass is 16.2. The van der Waals surface area contributed by atoms with Gasteiger partial charge in [0.2, 0.25) is 0 Å². The van der Waals surface area contributed by atoms with Gasteiger partial charge < -0.3 is 0 Å². The Labute approximate surface area is 127 Å². The molecule has 1 atom stereocenters. The molecule has 1 aliphatic carbocycles. The lowest BCUT2D eigenvalue weighted by molar-refractivity contribution is 0.0954. The zero-order chi connectivity index (χ0) is 15.5. The van der Waals surface area contributed by atoms with Crippen LogP contribution >= 0.6 is 0 Å². The Hall–Kier alpha value is -1.64. The minimum absolute atomic E-state index is 0.105. The Balaban J connectivity index is 1.99. The lowest BCUT2D eigenvalue weighted by Crippen LogP contribution is -2.22. The van der Waals surface area contributed by atoms with Gasteiger partial charge >= 0.3 is 0 Å². The van der Waals surface area contributed by atoms with Crippen molar-refractivity contribution in [2.45, 2.75) is 58.8 Å². The van der Waals surface area contributed by atoms with Gasteiger partial charge in [0.1, 0.15) is 0 Å². The van der Waals surface area contributed by atoms with Crippen molar-refractivity contribution in [1.29, 1.82) is 0 Å². The first-order valence-corrected chi connectivity index (χ1v) is 7.82. The van der Waals surface area contributed by atoms with Crippen LogP contribution in [0.1, 0.15) is 69.3 Å². The third kappa shape index (κ3) is 4.42. The van der Waals surface area contributed by atoms with Crippen LogP contribution in [0.25, 0.3) is 0 Å². The smallest absolute Gasteiger partial charge is 0.267 e. The third-order valence-electron chi connectivity index (χ3n) is 4.08. The van der Waals surface area contributed by atoms with Gasteiger partial charge in [0, 0.05) is 11.3 Å². The lowest BCUT2D eigenvalue weighted by Gasteiger charge is -2.19. The molecular weight excluding hydrogens is 260 g/mol. The van der Waals surface area contributed by atoms with Crippen LogP contribution < -0.4 is 5.43 Å². The van der Waals surface area contributed by atoms with Gasteiger partial charge in [-0.25, -0.2) is 5.43 Å². The Kier molecular flexibility index (Phi) is 4.81. The van der Waals surface area contributed by atoms with E-state index in [-0.39, 0.29) is 11.3 Å². The quantitative estimate of drug-likeness (QED) is 0.810. The van der Waals surface area contributed by atoms with E-state index in [4.69, 9.17) is 0 Å². The molecule has 1 N–H and O–H groups in total. The monoisotopic (exact) mass is 286 g/mol. The molecule has 114 valence electrons. The average Bonchev–Trinajstić information content (AvgIpc) is 2.44. The molecule has 1 saturated carbocycles. The van der Waals surface area contributed by atoms with Gasteiger partial charge in [-0.2, -0.15) is 5.10 Å². The summed E-state index contributed by atoms with van der Waals surface area (Å²) in [7, 11) is 0. The summed E-state index contributed by atoms with van der Waals surface area (Å²) >= 11 is 0. The molecule has 0 radical (unpaired) electrons. The Morgan fingerprint density at radius 3 is 2.48 bits per heavy atom. The summed E-state index contributed by atoms with van der Waals surface area (Å²) in [5.74, 6) is 0.557. The van der Waals surface area contributed by atoms with Crippen LogP contribution in [-0.4, -0.2) is 11.6 Å². The van der Waals surface area contributed by atoms with Crippen LogP contribution in [0.5, 0.6) is 0 Å². The summed E-state index contributed by atoms with van der Waals surface area (Å²) in [5, 5.41) is 4.30. The molecule has 0 unspecified atom stereocenters. The van der Waals surface area contributed by atoms with E-state index < -0.39 is 0 Å². The first-order chi connectivity index (χ1) is 9.86. The fourth-order valence-corrected chi connectivity index (χ4v) is 2.68. The van der Waals surface area contributed by atoms with Gasteiger partial charge in [-0.05, 0) is 54.7 Å². The van der Waals surface area contributed by atoms with Gasteiger partial charge in [-0.15, -0.1) is 0 Å². The van der Waals surface area contributed by atoms with Crippen molar-refractivity contribution >= 4 is 11.6 Å². The SMILES string of the molecule is C[C@H]1CCC/C(=N\NC(=O)c2ccc(C(C)(C)C)cc2)C1. The maximum Gasteiger partial charge on any atom is 0.271 e. The van der Waals surface area contributed by atoms with E-state index in [0.29, 0.717) is 11.5 Å². The molecule has 0 saturated heterocycles. The number of amides is 1. The van der Waals surface area contributed by atoms with Crippen molar-refractivity contribution in [1.82, 2.24) is 5.43 Å². The first kappa shape index (κ1) is 15.7. The standard InChI is InChI=1S/C18H26N2O/c1-13-6-5-7-16(12-13)19-20-17(21)14-8-10-15(11-9-14)18(2,3)4/h8-11,13H,5-7,12H2,1-4H3,(H,20,21)/b19-16+/t13-/m0/s1. The summed E-state index contributed by atoms with van der Waals surface area (Å²) in [4.78, 5) is 12.1. The van der Waals surface area contributed by atoms with Crippen molar-refractivity contribution in [2.24, 2.45) is 11.0 Å². The van der Waals surface area contributed by atoms with Crippen molar-refractivity contribution in [3.63, 3.8) is 0 Å². The van der Waals surface area contributed by atoms with E-state index in [9.17, 15) is 4.79 Å². The number of hydrogen-bond donors (Lipinski definition) is 1. The van der Waals surface area contributed by atoms with Gasteiger partial charge in [-0.1, -0.05) is 39.8 Å². The molecule has 1 aromatic rings. The topological polar surface area (TPSA) is 41.5 Å². The van der Waals surface area contributed by atoms with E-state index in [0.717, 1.165) is 18.6 Å². The van der Waals surface area contributed by atoms with Gasteiger partial charge in [0.15, 0.2) is 0 Å². The second-order valence-electron chi connectivity index (χ2n) is 7.15. The number of carbonyl (C=O) groups is 1. The molecule has 0 aromatic heterocycles. The number of rotatable bonds is 2. The van der Waals surface area contributed by atoms with E-state index in [1.54, 1.807) is 0 Å². The molecule has 1 amide bonds. The largest absolute Gasteiger partial charge is 0.271 e. The van der Waals surface area contributed by atoms with Crippen molar-refractivity contribution < 1.29 is 4.79 Å². The van der Waals surface area contributed by atoms with Gasteiger partial charge in [0.05, 0.1) is 0 Å². The van der Waals surface area contributed by atoms with Crippen molar-refractivity contribution in [3.8, 4) is 0 Å². The highest BCUT2D eigenvalue weighted by Gasteiger charge is 2.16. The second kappa shape index (κ2) is 6.42. The molecule has 1 fully saturated rings. The molecule has 21 heavy (non-hydrogen) atoms. The number of nitrogens with zero attached hydrogens (tertiary/aromatic N) is 1. The van der Waals surface area contributed by atoms with E-state index in [1.165, 1.54) is 18.4 Å². The number of carbonyl (C=O) groups excluding carboxylic acids is 1. The maximum absolute atomic E-state index is 12.1. The Morgan fingerprint density at radius 2 is 1.90 bits per heavy atom. The number of hydrazone groups is 1. The molecule has 1 aliphatic rings. The van der Waals surface area contributed by atoms with Gasteiger partial charge in [0.25, 0.3) is 5.91 Å². The average molecular weight is 286 g/mol. The normalized spacial score (nSPS) is 21.3. The van der Waals surface area contributed by atoms with Crippen LogP contribution in [0.4, 0.5) is 0 Å². The first-order valence-electron chi connectivity index (χ1n) is 7.82. The number of hydrogen-bond acceptors (Lipinski definition) is 2. The summed E-state index contributed by atoms with van der Waals surface area (Å²) in [6.45, 7) is 8.73. The number of benzene rings is 1. The van der Waals surface area contributed by atoms with Crippen molar-refractivity contribution in [3.05, 3.63) is 35.4 Å². The number of nitrogens with one attached hydrogen (secondary N) is 1. The molecular formula is C18H26N2O. The summed E-state index contributed by atoms with van der Waals surface area (Å²) in [5.41, 5.74) is 5.81. The molecule has 1 aromatic carbocycles. The summed E-state index contributed by atoms with van der Waals surface area (Å²) in [6, 6.07) is 7.79. The molecule has 3 heteroatoms. The van der Waals surface area contributed by atoms with E-state index >= 15 is 0 Å². The van der Waals surface area contributed by atoms with E-state index in [2.05, 4.69) is 38.2 Å². The molecule has 0 spiro atoms. The minimum atomic E-state index is -0.124.